The van der Waals surface area contributed by atoms with Crippen LogP contribution >= 0.6 is 0 Å². The van der Waals surface area contributed by atoms with E-state index < -0.39 is 0 Å². The van der Waals surface area contributed by atoms with Crippen LogP contribution in [0.5, 0.6) is 0 Å². The number of anilines is 1. The van der Waals surface area contributed by atoms with Crippen LogP contribution in [-0.4, -0.2) is 14.8 Å². The topological polar surface area (TPSA) is 42.7 Å². The molecule has 3 aromatic rings. The van der Waals surface area contributed by atoms with Gasteiger partial charge in [-0.3, -0.25) is 4.57 Å². The SMILES string of the molecule is Cc1cccc(C)c1NCc1nnc(C)n1-c1ccccc1. The van der Waals surface area contributed by atoms with E-state index in [1.54, 1.807) is 0 Å². The Hall–Kier alpha value is -2.62. The zero-order valence-corrected chi connectivity index (χ0v) is 13.2. The van der Waals surface area contributed by atoms with Gasteiger partial charge in [0.2, 0.25) is 0 Å². The molecule has 0 saturated carbocycles. The van der Waals surface area contributed by atoms with Gasteiger partial charge in [-0.1, -0.05) is 36.4 Å². The van der Waals surface area contributed by atoms with Crippen LogP contribution in [0.15, 0.2) is 48.5 Å². The highest BCUT2D eigenvalue weighted by molar-refractivity contribution is 5.56. The molecular formula is C18H20N4. The molecular weight excluding hydrogens is 272 g/mol. The molecule has 0 radical (unpaired) electrons. The van der Waals surface area contributed by atoms with Crippen molar-refractivity contribution in [3.8, 4) is 5.69 Å². The Kier molecular flexibility index (Phi) is 3.92. The summed E-state index contributed by atoms with van der Waals surface area (Å²) in [6.45, 7) is 6.84. The van der Waals surface area contributed by atoms with E-state index in [2.05, 4.69) is 64.3 Å². The predicted molar refractivity (Wildman–Crippen MR) is 89.3 cm³/mol. The Labute approximate surface area is 130 Å². The first-order valence-electron chi connectivity index (χ1n) is 7.43. The molecule has 1 heterocycles. The Morgan fingerprint density at radius 3 is 2.23 bits per heavy atom. The summed E-state index contributed by atoms with van der Waals surface area (Å²) < 4.78 is 2.08. The third-order valence-corrected chi connectivity index (χ3v) is 3.81. The van der Waals surface area contributed by atoms with Crippen LogP contribution in [-0.2, 0) is 6.54 Å². The van der Waals surface area contributed by atoms with E-state index in [0.29, 0.717) is 6.54 Å². The molecule has 4 nitrogen and oxygen atoms in total. The number of nitrogens with zero attached hydrogens (tertiary/aromatic N) is 3. The molecule has 0 aliphatic rings. The molecule has 1 N–H and O–H groups in total. The number of benzene rings is 2. The molecule has 2 aromatic carbocycles. The highest BCUT2D eigenvalue weighted by atomic mass is 15.3. The minimum Gasteiger partial charge on any atom is -0.377 e. The lowest BCUT2D eigenvalue weighted by Gasteiger charge is -2.13. The molecule has 0 amide bonds. The van der Waals surface area contributed by atoms with Crippen molar-refractivity contribution in [3.63, 3.8) is 0 Å². The maximum absolute atomic E-state index is 4.32. The highest BCUT2D eigenvalue weighted by Gasteiger charge is 2.11. The van der Waals surface area contributed by atoms with Crippen molar-refractivity contribution in [1.82, 2.24) is 14.8 Å². The number of hydrogen-bond acceptors (Lipinski definition) is 3. The van der Waals surface area contributed by atoms with E-state index in [-0.39, 0.29) is 0 Å². The summed E-state index contributed by atoms with van der Waals surface area (Å²) in [6.07, 6.45) is 0. The monoisotopic (exact) mass is 292 g/mol. The molecule has 0 aliphatic heterocycles. The lowest BCUT2D eigenvalue weighted by atomic mass is 10.1. The van der Waals surface area contributed by atoms with E-state index in [1.165, 1.54) is 16.8 Å². The van der Waals surface area contributed by atoms with E-state index in [4.69, 9.17) is 0 Å². The number of hydrogen-bond donors (Lipinski definition) is 1. The first-order valence-corrected chi connectivity index (χ1v) is 7.43. The Balaban J connectivity index is 1.88. The minimum absolute atomic E-state index is 0.640. The summed E-state index contributed by atoms with van der Waals surface area (Å²) in [5, 5.41) is 12.0. The number of aryl methyl sites for hydroxylation is 3. The smallest absolute Gasteiger partial charge is 0.156 e. The van der Waals surface area contributed by atoms with Gasteiger partial charge in [-0.15, -0.1) is 10.2 Å². The summed E-state index contributed by atoms with van der Waals surface area (Å²) in [5.74, 6) is 1.80. The average Bonchev–Trinajstić information content (AvgIpc) is 2.88. The average molecular weight is 292 g/mol. The van der Waals surface area contributed by atoms with Crippen LogP contribution in [0, 0.1) is 20.8 Å². The van der Waals surface area contributed by atoms with Gasteiger partial charge in [-0.2, -0.15) is 0 Å². The van der Waals surface area contributed by atoms with E-state index in [1.807, 2.05) is 25.1 Å². The molecule has 3 rings (SSSR count). The first-order chi connectivity index (χ1) is 10.7. The second-order valence-electron chi connectivity index (χ2n) is 5.45. The number of rotatable bonds is 4. The molecule has 0 saturated heterocycles. The lowest BCUT2D eigenvalue weighted by Crippen LogP contribution is -2.09. The van der Waals surface area contributed by atoms with Gasteiger partial charge in [0.1, 0.15) is 5.82 Å². The maximum Gasteiger partial charge on any atom is 0.156 e. The third kappa shape index (κ3) is 2.72. The van der Waals surface area contributed by atoms with Gasteiger partial charge >= 0.3 is 0 Å². The van der Waals surface area contributed by atoms with Gasteiger partial charge in [0.25, 0.3) is 0 Å². The standard InChI is InChI=1S/C18H20N4/c1-13-8-7-9-14(2)18(13)19-12-17-21-20-15(3)22(17)16-10-5-4-6-11-16/h4-11,19H,12H2,1-3H3. The van der Waals surface area contributed by atoms with Crippen LogP contribution in [0.25, 0.3) is 5.69 Å². The van der Waals surface area contributed by atoms with Crippen molar-refractivity contribution in [3.05, 3.63) is 71.3 Å². The fourth-order valence-corrected chi connectivity index (χ4v) is 2.69. The van der Waals surface area contributed by atoms with Gasteiger partial charge in [-0.25, -0.2) is 0 Å². The van der Waals surface area contributed by atoms with Gasteiger partial charge in [0.05, 0.1) is 6.54 Å². The van der Waals surface area contributed by atoms with Gasteiger partial charge in [-0.05, 0) is 44.0 Å². The normalized spacial score (nSPS) is 10.7. The Morgan fingerprint density at radius 2 is 1.55 bits per heavy atom. The van der Waals surface area contributed by atoms with Crippen molar-refractivity contribution in [1.29, 1.82) is 0 Å². The summed E-state index contributed by atoms with van der Waals surface area (Å²) in [4.78, 5) is 0. The van der Waals surface area contributed by atoms with Crippen molar-refractivity contribution in [2.24, 2.45) is 0 Å². The third-order valence-electron chi connectivity index (χ3n) is 3.81. The number of nitrogens with one attached hydrogen (secondary N) is 1. The van der Waals surface area contributed by atoms with Gasteiger partial charge < -0.3 is 5.32 Å². The second kappa shape index (κ2) is 6.02. The minimum atomic E-state index is 0.640. The van der Waals surface area contributed by atoms with E-state index in [0.717, 1.165) is 17.3 Å². The summed E-state index contributed by atoms with van der Waals surface area (Å²) in [6, 6.07) is 16.5. The van der Waals surface area contributed by atoms with Crippen LogP contribution in [0.2, 0.25) is 0 Å². The van der Waals surface area contributed by atoms with Crippen molar-refractivity contribution < 1.29 is 0 Å². The fraction of sp³-hybridized carbons (Fsp3) is 0.222. The second-order valence-corrected chi connectivity index (χ2v) is 5.45. The molecule has 0 unspecified atom stereocenters. The molecule has 0 aliphatic carbocycles. The van der Waals surface area contributed by atoms with Crippen LogP contribution in [0.4, 0.5) is 5.69 Å². The van der Waals surface area contributed by atoms with Gasteiger partial charge in [0, 0.05) is 11.4 Å². The van der Waals surface area contributed by atoms with Crippen molar-refractivity contribution in [2.45, 2.75) is 27.3 Å². The molecule has 0 spiro atoms. The Morgan fingerprint density at radius 1 is 0.864 bits per heavy atom. The molecule has 0 fully saturated rings. The zero-order valence-electron chi connectivity index (χ0n) is 13.2. The fourth-order valence-electron chi connectivity index (χ4n) is 2.69. The molecule has 22 heavy (non-hydrogen) atoms. The maximum atomic E-state index is 4.32. The first kappa shape index (κ1) is 14.3. The van der Waals surface area contributed by atoms with Gasteiger partial charge in [0.15, 0.2) is 5.82 Å². The largest absolute Gasteiger partial charge is 0.377 e. The molecule has 0 atom stereocenters. The summed E-state index contributed by atoms with van der Waals surface area (Å²) >= 11 is 0. The molecule has 112 valence electrons. The van der Waals surface area contributed by atoms with E-state index in [9.17, 15) is 0 Å². The van der Waals surface area contributed by atoms with E-state index >= 15 is 0 Å². The lowest BCUT2D eigenvalue weighted by molar-refractivity contribution is 0.877. The molecule has 1 aromatic heterocycles. The Bertz CT molecular complexity index is 755. The molecule has 0 bridgehead atoms. The predicted octanol–water partition coefficient (Wildman–Crippen LogP) is 3.80. The van der Waals surface area contributed by atoms with Crippen LogP contribution in [0.1, 0.15) is 22.8 Å². The van der Waals surface area contributed by atoms with Crippen molar-refractivity contribution >= 4 is 5.69 Å². The number of para-hydroxylation sites is 2. The highest BCUT2D eigenvalue weighted by Crippen LogP contribution is 2.21. The van der Waals surface area contributed by atoms with Crippen LogP contribution < -0.4 is 5.32 Å². The van der Waals surface area contributed by atoms with Crippen molar-refractivity contribution in [2.75, 3.05) is 5.32 Å². The zero-order chi connectivity index (χ0) is 15.5. The number of aromatic nitrogens is 3. The quantitative estimate of drug-likeness (QED) is 0.795. The summed E-state index contributed by atoms with van der Waals surface area (Å²) in [7, 11) is 0. The summed E-state index contributed by atoms with van der Waals surface area (Å²) in [5.41, 5.74) is 4.73. The van der Waals surface area contributed by atoms with Crippen LogP contribution in [0.3, 0.4) is 0 Å². The molecule has 4 heteroatoms.